The average molecular weight is 166 g/mol. The van der Waals surface area contributed by atoms with Crippen LogP contribution in [-0.4, -0.2) is 23.2 Å². The summed E-state index contributed by atoms with van der Waals surface area (Å²) in [5.74, 6) is 0.878. The maximum absolute atomic E-state index is 8.54. The van der Waals surface area contributed by atoms with Crippen molar-refractivity contribution in [1.29, 1.82) is 0 Å². The molecule has 66 valence electrons. The summed E-state index contributed by atoms with van der Waals surface area (Å²) in [6, 6.07) is 3.94. The highest BCUT2D eigenvalue weighted by Gasteiger charge is 1.91. The zero-order valence-electron chi connectivity index (χ0n) is 7.25. The second-order valence-electron chi connectivity index (χ2n) is 2.72. The van der Waals surface area contributed by atoms with Gasteiger partial charge in [-0.2, -0.15) is 0 Å². The van der Waals surface area contributed by atoms with Crippen LogP contribution in [0.3, 0.4) is 0 Å². The Morgan fingerprint density at radius 3 is 3.08 bits per heavy atom. The van der Waals surface area contributed by atoms with Crippen LogP contribution >= 0.6 is 0 Å². The minimum Gasteiger partial charge on any atom is -0.396 e. The van der Waals surface area contributed by atoms with Crippen LogP contribution in [-0.2, 0) is 0 Å². The number of hydrogen-bond acceptors (Lipinski definition) is 3. The van der Waals surface area contributed by atoms with Gasteiger partial charge in [-0.15, -0.1) is 0 Å². The Balaban J connectivity index is 2.41. The maximum atomic E-state index is 8.54. The number of aliphatic hydroxyl groups excluding tert-OH is 1. The van der Waals surface area contributed by atoms with Crippen molar-refractivity contribution in [2.75, 3.05) is 18.5 Å². The van der Waals surface area contributed by atoms with Crippen LogP contribution in [0.1, 0.15) is 12.0 Å². The second-order valence-corrected chi connectivity index (χ2v) is 2.72. The van der Waals surface area contributed by atoms with E-state index in [9.17, 15) is 0 Å². The van der Waals surface area contributed by atoms with Crippen LogP contribution in [0.2, 0.25) is 0 Å². The van der Waals surface area contributed by atoms with Crippen LogP contribution in [0.25, 0.3) is 0 Å². The number of aromatic nitrogens is 1. The molecule has 0 aliphatic carbocycles. The van der Waals surface area contributed by atoms with Gasteiger partial charge in [0, 0.05) is 19.3 Å². The summed E-state index contributed by atoms with van der Waals surface area (Å²) in [7, 11) is 0. The van der Waals surface area contributed by atoms with Crippen molar-refractivity contribution < 1.29 is 5.11 Å². The third-order valence-electron chi connectivity index (χ3n) is 1.56. The van der Waals surface area contributed by atoms with E-state index in [1.807, 2.05) is 19.1 Å². The van der Waals surface area contributed by atoms with Gasteiger partial charge in [-0.3, -0.25) is 0 Å². The Morgan fingerprint density at radius 1 is 1.58 bits per heavy atom. The SMILES string of the molecule is Cc1ccnc(NCCCO)c1. The molecule has 1 aromatic heterocycles. The van der Waals surface area contributed by atoms with E-state index in [4.69, 9.17) is 5.11 Å². The molecule has 2 N–H and O–H groups in total. The van der Waals surface area contributed by atoms with Gasteiger partial charge in [-0.25, -0.2) is 4.98 Å². The van der Waals surface area contributed by atoms with Gasteiger partial charge in [0.2, 0.25) is 0 Å². The van der Waals surface area contributed by atoms with E-state index in [0.717, 1.165) is 18.8 Å². The second kappa shape index (κ2) is 4.72. The Hall–Kier alpha value is -1.09. The van der Waals surface area contributed by atoms with Gasteiger partial charge in [-0.05, 0) is 31.0 Å². The molecule has 1 heterocycles. The van der Waals surface area contributed by atoms with Crippen molar-refractivity contribution >= 4 is 5.82 Å². The van der Waals surface area contributed by atoms with Crippen molar-refractivity contribution in [3.05, 3.63) is 23.9 Å². The molecular weight excluding hydrogens is 152 g/mol. The molecular formula is C9H14N2O. The summed E-state index contributed by atoms with van der Waals surface area (Å²) in [6.07, 6.45) is 2.53. The van der Waals surface area contributed by atoms with Gasteiger partial charge in [0.15, 0.2) is 0 Å². The summed E-state index contributed by atoms with van der Waals surface area (Å²) in [6.45, 7) is 3.02. The number of hydrogen-bond donors (Lipinski definition) is 2. The van der Waals surface area contributed by atoms with Gasteiger partial charge in [0.25, 0.3) is 0 Å². The fourth-order valence-electron chi connectivity index (χ4n) is 0.928. The van der Waals surface area contributed by atoms with E-state index in [-0.39, 0.29) is 6.61 Å². The summed E-state index contributed by atoms with van der Waals surface area (Å²) in [5, 5.41) is 11.7. The third kappa shape index (κ3) is 2.88. The molecule has 0 saturated heterocycles. The Morgan fingerprint density at radius 2 is 2.42 bits per heavy atom. The van der Waals surface area contributed by atoms with Crippen molar-refractivity contribution in [3.63, 3.8) is 0 Å². The molecule has 0 aromatic carbocycles. The summed E-state index contributed by atoms with van der Waals surface area (Å²) in [4.78, 5) is 4.12. The van der Waals surface area contributed by atoms with Crippen molar-refractivity contribution in [2.45, 2.75) is 13.3 Å². The van der Waals surface area contributed by atoms with Gasteiger partial charge in [-0.1, -0.05) is 0 Å². The molecule has 1 aromatic rings. The number of nitrogens with zero attached hydrogens (tertiary/aromatic N) is 1. The highest BCUT2D eigenvalue weighted by molar-refractivity contribution is 5.36. The van der Waals surface area contributed by atoms with Gasteiger partial charge in [0.1, 0.15) is 5.82 Å². The standard InChI is InChI=1S/C9H14N2O/c1-8-3-5-11-9(7-8)10-4-2-6-12/h3,5,7,12H,2,4,6H2,1H3,(H,10,11). The molecule has 0 saturated carbocycles. The van der Waals surface area contributed by atoms with Crippen molar-refractivity contribution in [2.24, 2.45) is 0 Å². The molecule has 0 unspecified atom stereocenters. The number of pyridine rings is 1. The van der Waals surface area contributed by atoms with Gasteiger partial charge < -0.3 is 10.4 Å². The fraction of sp³-hybridized carbons (Fsp3) is 0.444. The molecule has 0 radical (unpaired) electrons. The van der Waals surface area contributed by atoms with Crippen LogP contribution < -0.4 is 5.32 Å². The number of rotatable bonds is 4. The predicted octanol–water partition coefficient (Wildman–Crippen LogP) is 1.18. The zero-order valence-corrected chi connectivity index (χ0v) is 7.25. The van der Waals surface area contributed by atoms with E-state index < -0.39 is 0 Å². The largest absolute Gasteiger partial charge is 0.396 e. The van der Waals surface area contributed by atoms with E-state index in [0.29, 0.717) is 0 Å². The van der Waals surface area contributed by atoms with Crippen molar-refractivity contribution in [1.82, 2.24) is 4.98 Å². The minimum atomic E-state index is 0.221. The highest BCUT2D eigenvalue weighted by Crippen LogP contribution is 2.04. The van der Waals surface area contributed by atoms with Crippen molar-refractivity contribution in [3.8, 4) is 0 Å². The lowest BCUT2D eigenvalue weighted by molar-refractivity contribution is 0.292. The first-order valence-electron chi connectivity index (χ1n) is 4.10. The molecule has 1 rings (SSSR count). The summed E-state index contributed by atoms with van der Waals surface area (Å²) < 4.78 is 0. The van der Waals surface area contributed by atoms with Gasteiger partial charge in [0.05, 0.1) is 0 Å². The Kier molecular flexibility index (Phi) is 3.54. The molecule has 0 bridgehead atoms. The quantitative estimate of drug-likeness (QED) is 0.660. The maximum Gasteiger partial charge on any atom is 0.126 e. The lowest BCUT2D eigenvalue weighted by Crippen LogP contribution is -2.04. The smallest absolute Gasteiger partial charge is 0.126 e. The molecule has 3 nitrogen and oxygen atoms in total. The molecule has 0 fully saturated rings. The first kappa shape index (κ1) is 9.00. The molecule has 0 spiro atoms. The lowest BCUT2D eigenvalue weighted by atomic mass is 10.3. The lowest BCUT2D eigenvalue weighted by Gasteiger charge is -2.03. The molecule has 12 heavy (non-hydrogen) atoms. The first-order valence-corrected chi connectivity index (χ1v) is 4.10. The number of nitrogens with one attached hydrogen (secondary N) is 1. The van der Waals surface area contributed by atoms with Crippen LogP contribution in [0, 0.1) is 6.92 Å². The number of aliphatic hydroxyl groups is 1. The summed E-state index contributed by atoms with van der Waals surface area (Å²) >= 11 is 0. The summed E-state index contributed by atoms with van der Waals surface area (Å²) in [5.41, 5.74) is 1.19. The monoisotopic (exact) mass is 166 g/mol. The first-order chi connectivity index (χ1) is 5.83. The molecule has 3 heteroatoms. The normalized spacial score (nSPS) is 9.83. The third-order valence-corrected chi connectivity index (χ3v) is 1.56. The van der Waals surface area contributed by atoms with E-state index in [1.165, 1.54) is 5.56 Å². The van der Waals surface area contributed by atoms with Gasteiger partial charge >= 0.3 is 0 Å². The van der Waals surface area contributed by atoms with E-state index in [2.05, 4.69) is 10.3 Å². The molecule has 0 aliphatic rings. The van der Waals surface area contributed by atoms with E-state index in [1.54, 1.807) is 6.20 Å². The van der Waals surface area contributed by atoms with E-state index >= 15 is 0 Å². The number of anilines is 1. The highest BCUT2D eigenvalue weighted by atomic mass is 16.3. The Bertz CT molecular complexity index is 238. The van der Waals surface area contributed by atoms with Crippen LogP contribution in [0.5, 0.6) is 0 Å². The molecule has 0 atom stereocenters. The van der Waals surface area contributed by atoms with Crippen LogP contribution in [0.4, 0.5) is 5.82 Å². The topological polar surface area (TPSA) is 45.2 Å². The number of aryl methyl sites for hydroxylation is 1. The minimum absolute atomic E-state index is 0.221. The Labute approximate surface area is 72.5 Å². The zero-order chi connectivity index (χ0) is 8.81. The molecule has 0 amide bonds. The predicted molar refractivity (Wildman–Crippen MR) is 49.2 cm³/mol. The van der Waals surface area contributed by atoms with Crippen LogP contribution in [0.15, 0.2) is 18.3 Å². The molecule has 0 aliphatic heterocycles. The average Bonchev–Trinajstić information content (AvgIpc) is 2.05. The fourth-order valence-corrected chi connectivity index (χ4v) is 0.928.